The van der Waals surface area contributed by atoms with E-state index in [0.29, 0.717) is 42.9 Å². The molecule has 3 atom stereocenters. The maximum atomic E-state index is 14.3. The Labute approximate surface area is 242 Å². The van der Waals surface area contributed by atoms with Gasteiger partial charge in [-0.05, 0) is 86.3 Å². The Morgan fingerprint density at radius 2 is 1.95 bits per heavy atom. The van der Waals surface area contributed by atoms with Crippen molar-refractivity contribution in [2.24, 2.45) is 23.1 Å². The Morgan fingerprint density at radius 1 is 1.21 bits per heavy atom. The summed E-state index contributed by atoms with van der Waals surface area (Å²) in [5.74, 6) is -1.84. The van der Waals surface area contributed by atoms with Gasteiger partial charge in [-0.25, -0.2) is 0 Å². The summed E-state index contributed by atoms with van der Waals surface area (Å²) in [4.78, 5) is 19.7. The molecule has 1 aromatic carbocycles. The molecule has 7 heteroatoms. The molecule has 212 valence electrons. The fraction of sp³-hybridized carbons (Fsp3) is 0.562. The van der Waals surface area contributed by atoms with Crippen LogP contribution in [0.5, 0.6) is 0 Å². The second-order valence-corrected chi connectivity index (χ2v) is 11.5. The standard InChI is InChI=1S/C32H39F3N2O.ClH/c1-22(2)31(30(38)37-15-13-29-27(21-37)18-28(20-36-29)32(33,34)35)14-12-26(19-31)17-25-10-8-24(9-11-25)16-23-6-4-3-5-7-23;/h3-7,16,18,20,22,25-26H,8-15,17,19,21H2,1-2H3;1H/t25?,26-,31-;/m0./s1/i1D3,22D;/t22?,25?,26-,31-;. The summed E-state index contributed by atoms with van der Waals surface area (Å²) in [6, 6.07) is 11.3. The van der Waals surface area contributed by atoms with Gasteiger partial charge in [-0.15, -0.1) is 12.4 Å². The molecule has 2 aliphatic carbocycles. The van der Waals surface area contributed by atoms with E-state index in [9.17, 15) is 18.0 Å². The second kappa shape index (κ2) is 12.0. The van der Waals surface area contributed by atoms with E-state index in [-0.39, 0.29) is 31.4 Å². The van der Waals surface area contributed by atoms with Gasteiger partial charge in [-0.1, -0.05) is 55.8 Å². The van der Waals surface area contributed by atoms with Crippen molar-refractivity contribution in [1.29, 1.82) is 0 Å². The lowest BCUT2D eigenvalue weighted by Crippen LogP contribution is -2.47. The first-order chi connectivity index (χ1) is 19.7. The van der Waals surface area contributed by atoms with Crippen LogP contribution < -0.4 is 0 Å². The van der Waals surface area contributed by atoms with Crippen LogP contribution >= 0.6 is 12.4 Å². The fourth-order valence-electron chi connectivity index (χ4n) is 6.79. The average Bonchev–Trinajstić information content (AvgIpc) is 3.38. The molecule has 3 aliphatic rings. The number of allylic oxidation sites excluding steroid dienone is 1. The molecule has 1 aromatic heterocycles. The van der Waals surface area contributed by atoms with Crippen molar-refractivity contribution in [1.82, 2.24) is 9.88 Å². The second-order valence-electron chi connectivity index (χ2n) is 11.5. The first-order valence-corrected chi connectivity index (χ1v) is 13.8. The molecule has 5 rings (SSSR count). The Hall–Kier alpha value is -2.34. The quantitative estimate of drug-likeness (QED) is 0.364. The Bertz CT molecular complexity index is 1320. The Morgan fingerprint density at radius 3 is 2.64 bits per heavy atom. The monoisotopic (exact) mass is 564 g/mol. The molecule has 0 radical (unpaired) electrons. The van der Waals surface area contributed by atoms with Gasteiger partial charge in [0.25, 0.3) is 0 Å². The van der Waals surface area contributed by atoms with Gasteiger partial charge in [0.15, 0.2) is 0 Å². The van der Waals surface area contributed by atoms with Crippen molar-refractivity contribution >= 4 is 24.4 Å². The number of alkyl halides is 3. The van der Waals surface area contributed by atoms with Crippen molar-refractivity contribution in [3.63, 3.8) is 0 Å². The van der Waals surface area contributed by atoms with E-state index < -0.39 is 35.8 Å². The predicted molar refractivity (Wildman–Crippen MR) is 151 cm³/mol. The molecule has 2 heterocycles. The highest BCUT2D eigenvalue weighted by atomic mass is 35.5. The highest BCUT2D eigenvalue weighted by molar-refractivity contribution is 5.85. The van der Waals surface area contributed by atoms with Crippen molar-refractivity contribution in [3.8, 4) is 0 Å². The zero-order valence-electron chi connectivity index (χ0n) is 26.4. The zero-order valence-corrected chi connectivity index (χ0v) is 23.2. The molecule has 3 nitrogen and oxygen atoms in total. The molecule has 0 N–H and O–H groups in total. The van der Waals surface area contributed by atoms with Crippen molar-refractivity contribution in [2.45, 2.75) is 84.3 Å². The SMILES string of the molecule is Cl.[2H]C([2H])([2H])C([2H])(C)[C@]1(C(=O)N2CCc3ncc(C(F)(F)F)cc3C2)CC[C@@H](CC2CCC(=Cc3ccccc3)CC2)C1. The van der Waals surface area contributed by atoms with Crippen LogP contribution in [0.2, 0.25) is 0 Å². The van der Waals surface area contributed by atoms with Gasteiger partial charge in [-0.3, -0.25) is 9.78 Å². The van der Waals surface area contributed by atoms with Crippen LogP contribution in [0.25, 0.3) is 6.08 Å². The van der Waals surface area contributed by atoms with Crippen LogP contribution in [-0.2, 0) is 23.9 Å². The number of aromatic nitrogens is 1. The van der Waals surface area contributed by atoms with Crippen LogP contribution in [0, 0.1) is 23.1 Å². The molecule has 1 amide bonds. The van der Waals surface area contributed by atoms with Gasteiger partial charge in [0.05, 0.1) is 11.0 Å². The highest BCUT2D eigenvalue weighted by Crippen LogP contribution is 2.51. The number of pyridine rings is 1. The third-order valence-corrected chi connectivity index (χ3v) is 8.98. The third kappa shape index (κ3) is 6.53. The molecular weight excluding hydrogens is 521 g/mol. The number of rotatable bonds is 5. The van der Waals surface area contributed by atoms with Crippen LogP contribution in [0.3, 0.4) is 0 Å². The van der Waals surface area contributed by atoms with Crippen LogP contribution in [0.4, 0.5) is 13.2 Å². The molecule has 0 saturated heterocycles. The Balaban J connectivity index is 0.00000423. The molecule has 39 heavy (non-hydrogen) atoms. The lowest BCUT2D eigenvalue weighted by Gasteiger charge is -2.39. The van der Waals surface area contributed by atoms with E-state index >= 15 is 0 Å². The molecule has 0 spiro atoms. The number of hydrogen-bond acceptors (Lipinski definition) is 2. The summed E-state index contributed by atoms with van der Waals surface area (Å²) in [5.41, 5.74) is 1.19. The van der Waals surface area contributed by atoms with Crippen molar-refractivity contribution in [3.05, 3.63) is 70.6 Å². The number of carbonyl (C=O) groups excluding carboxylic acids is 1. The summed E-state index contributed by atoms with van der Waals surface area (Å²) in [7, 11) is 0. The molecule has 1 unspecified atom stereocenters. The predicted octanol–water partition coefficient (Wildman–Crippen LogP) is 8.51. The van der Waals surface area contributed by atoms with E-state index in [0.717, 1.165) is 44.4 Å². The number of fused-ring (bicyclic) bond motifs is 1. The lowest BCUT2D eigenvalue weighted by molar-refractivity contribution is -0.146. The summed E-state index contributed by atoms with van der Waals surface area (Å²) < 4.78 is 73.8. The smallest absolute Gasteiger partial charge is 0.337 e. The number of carbonyl (C=O) groups is 1. The van der Waals surface area contributed by atoms with Crippen LogP contribution in [0.1, 0.15) is 93.0 Å². The molecular formula is C32H40ClF3N2O. The topological polar surface area (TPSA) is 33.2 Å². The molecule has 2 saturated carbocycles. The maximum Gasteiger partial charge on any atom is 0.417 e. The molecule has 1 aliphatic heterocycles. The van der Waals surface area contributed by atoms with Gasteiger partial charge < -0.3 is 4.90 Å². The number of nitrogens with zero attached hydrogens (tertiary/aromatic N) is 2. The van der Waals surface area contributed by atoms with Gasteiger partial charge >= 0.3 is 6.18 Å². The summed E-state index contributed by atoms with van der Waals surface area (Å²) in [6.45, 7) is -1.17. The fourth-order valence-corrected chi connectivity index (χ4v) is 6.79. The summed E-state index contributed by atoms with van der Waals surface area (Å²) in [5, 5.41) is 0. The summed E-state index contributed by atoms with van der Waals surface area (Å²) in [6.07, 6.45) is 5.14. The number of benzene rings is 1. The average molecular weight is 565 g/mol. The number of amides is 1. The summed E-state index contributed by atoms with van der Waals surface area (Å²) >= 11 is 0. The first kappa shape index (κ1) is 24.5. The zero-order chi connectivity index (χ0) is 30.3. The minimum Gasteiger partial charge on any atom is -0.337 e. The lowest BCUT2D eigenvalue weighted by atomic mass is 9.72. The van der Waals surface area contributed by atoms with E-state index in [4.69, 9.17) is 5.48 Å². The molecule has 2 aromatic rings. The molecule has 2 fully saturated rings. The van der Waals surface area contributed by atoms with E-state index in [2.05, 4.69) is 23.2 Å². The first-order valence-electron chi connectivity index (χ1n) is 15.8. The Kier molecular flexibility index (Phi) is 7.55. The van der Waals surface area contributed by atoms with Crippen LogP contribution in [-0.4, -0.2) is 22.3 Å². The minimum atomic E-state index is -4.55. The van der Waals surface area contributed by atoms with Crippen LogP contribution in [0.15, 0.2) is 48.2 Å². The van der Waals surface area contributed by atoms with Gasteiger partial charge in [0, 0.05) is 36.9 Å². The van der Waals surface area contributed by atoms with Crippen molar-refractivity contribution in [2.75, 3.05) is 6.54 Å². The van der Waals surface area contributed by atoms with Gasteiger partial charge in [-0.2, -0.15) is 13.2 Å². The minimum absolute atomic E-state index is 0. The third-order valence-electron chi connectivity index (χ3n) is 8.98. The van der Waals surface area contributed by atoms with Gasteiger partial charge in [0.1, 0.15) is 0 Å². The number of halogens is 4. The van der Waals surface area contributed by atoms with Crippen molar-refractivity contribution < 1.29 is 23.4 Å². The maximum absolute atomic E-state index is 14.3. The van der Waals surface area contributed by atoms with Gasteiger partial charge in [0.2, 0.25) is 5.91 Å². The molecule has 0 bridgehead atoms. The normalized spacial score (nSPS) is 28.6. The van der Waals surface area contributed by atoms with E-state index in [1.54, 1.807) is 0 Å². The number of hydrogen-bond donors (Lipinski definition) is 0. The largest absolute Gasteiger partial charge is 0.417 e. The van der Waals surface area contributed by atoms with E-state index in [1.165, 1.54) is 23.0 Å². The highest BCUT2D eigenvalue weighted by Gasteiger charge is 2.49. The van der Waals surface area contributed by atoms with E-state index in [1.807, 2.05) is 18.2 Å².